The number of carbonyl (C=O) groups is 1. The van der Waals surface area contributed by atoms with Crippen molar-refractivity contribution < 1.29 is 14.4 Å². The van der Waals surface area contributed by atoms with Gasteiger partial charge in [-0.1, -0.05) is 6.07 Å². The van der Waals surface area contributed by atoms with Gasteiger partial charge in [0.05, 0.1) is 19.2 Å². The van der Waals surface area contributed by atoms with E-state index >= 15 is 0 Å². The van der Waals surface area contributed by atoms with Crippen LogP contribution in [0.1, 0.15) is 56.0 Å². The van der Waals surface area contributed by atoms with Gasteiger partial charge in [0, 0.05) is 11.1 Å². The molecule has 1 heterocycles. The minimum atomic E-state index is 0.0930. The standard InChI is InChI=1S/C17H25NO2/c1-13(2)20-17-11-15(14(3)19)7-8-16(17)12-18-9-5-4-6-10-18/h7-8,11,13H,4-6,9-10,12H2,1-3H3/p+1. The number of hydrogen-bond donors (Lipinski definition) is 1. The Labute approximate surface area is 121 Å². The predicted molar refractivity (Wildman–Crippen MR) is 80.5 cm³/mol. The van der Waals surface area contributed by atoms with E-state index in [9.17, 15) is 4.79 Å². The van der Waals surface area contributed by atoms with Crippen LogP contribution in [0, 0.1) is 0 Å². The van der Waals surface area contributed by atoms with Crippen molar-refractivity contribution in [3.8, 4) is 5.75 Å². The second-order valence-corrected chi connectivity index (χ2v) is 6.03. The van der Waals surface area contributed by atoms with Crippen LogP contribution in [0.5, 0.6) is 5.75 Å². The van der Waals surface area contributed by atoms with E-state index in [2.05, 4.69) is 6.07 Å². The monoisotopic (exact) mass is 276 g/mol. The van der Waals surface area contributed by atoms with Gasteiger partial charge in [0.2, 0.25) is 0 Å². The lowest BCUT2D eigenvalue weighted by Crippen LogP contribution is -3.11. The number of rotatable bonds is 5. The summed E-state index contributed by atoms with van der Waals surface area (Å²) in [6.07, 6.45) is 4.14. The Morgan fingerprint density at radius 1 is 1.25 bits per heavy atom. The fraction of sp³-hybridized carbons (Fsp3) is 0.588. The topological polar surface area (TPSA) is 30.7 Å². The molecule has 0 amide bonds. The Bertz CT molecular complexity index is 462. The normalized spacial score (nSPS) is 16.4. The van der Waals surface area contributed by atoms with Crippen molar-refractivity contribution in [2.45, 2.75) is 52.7 Å². The highest BCUT2D eigenvalue weighted by Crippen LogP contribution is 2.22. The summed E-state index contributed by atoms with van der Waals surface area (Å²) in [5.41, 5.74) is 1.96. The number of Topliss-reactive ketones (excluding diaryl/α,β-unsaturated/α-hetero) is 1. The smallest absolute Gasteiger partial charge is 0.159 e. The zero-order valence-electron chi connectivity index (χ0n) is 12.9. The zero-order valence-corrected chi connectivity index (χ0v) is 12.9. The van der Waals surface area contributed by atoms with Gasteiger partial charge in [-0.2, -0.15) is 0 Å². The van der Waals surface area contributed by atoms with Gasteiger partial charge in [0.1, 0.15) is 12.3 Å². The third-order valence-electron chi connectivity index (χ3n) is 3.84. The summed E-state index contributed by atoms with van der Waals surface area (Å²) in [5, 5.41) is 0. The SMILES string of the molecule is CC(=O)c1ccc(C[NH+]2CCCCC2)c(OC(C)C)c1. The molecular weight excluding hydrogens is 250 g/mol. The van der Waals surface area contributed by atoms with E-state index in [0.717, 1.165) is 17.9 Å². The molecule has 0 aliphatic carbocycles. The van der Waals surface area contributed by atoms with E-state index in [1.54, 1.807) is 11.8 Å². The molecule has 0 unspecified atom stereocenters. The lowest BCUT2D eigenvalue weighted by Gasteiger charge is -2.25. The third kappa shape index (κ3) is 4.07. The van der Waals surface area contributed by atoms with Gasteiger partial charge < -0.3 is 9.64 Å². The first-order valence-electron chi connectivity index (χ1n) is 7.70. The average molecular weight is 276 g/mol. The molecular formula is C17H26NO2+. The lowest BCUT2D eigenvalue weighted by atomic mass is 10.1. The summed E-state index contributed by atoms with van der Waals surface area (Å²) >= 11 is 0. The molecule has 20 heavy (non-hydrogen) atoms. The van der Waals surface area contributed by atoms with E-state index < -0.39 is 0 Å². The van der Waals surface area contributed by atoms with Crippen LogP contribution in [-0.2, 0) is 6.54 Å². The molecule has 3 nitrogen and oxygen atoms in total. The lowest BCUT2D eigenvalue weighted by molar-refractivity contribution is -0.918. The molecule has 0 atom stereocenters. The van der Waals surface area contributed by atoms with Gasteiger partial charge in [0.15, 0.2) is 5.78 Å². The molecule has 1 aromatic rings. The van der Waals surface area contributed by atoms with E-state index in [0.29, 0.717) is 0 Å². The summed E-state index contributed by atoms with van der Waals surface area (Å²) in [6.45, 7) is 9.14. The van der Waals surface area contributed by atoms with Gasteiger partial charge in [-0.05, 0) is 52.2 Å². The fourth-order valence-corrected chi connectivity index (χ4v) is 2.78. The largest absolute Gasteiger partial charge is 0.490 e. The molecule has 1 aliphatic rings. The second-order valence-electron chi connectivity index (χ2n) is 6.03. The van der Waals surface area contributed by atoms with E-state index in [1.165, 1.54) is 37.9 Å². The van der Waals surface area contributed by atoms with Gasteiger partial charge in [-0.3, -0.25) is 4.79 Å². The van der Waals surface area contributed by atoms with Crippen LogP contribution in [0.2, 0.25) is 0 Å². The number of hydrogen-bond acceptors (Lipinski definition) is 2. The number of likely N-dealkylation sites (tertiary alicyclic amines) is 1. The van der Waals surface area contributed by atoms with Gasteiger partial charge in [0.25, 0.3) is 0 Å². The minimum Gasteiger partial charge on any atom is -0.490 e. The fourth-order valence-electron chi connectivity index (χ4n) is 2.78. The van der Waals surface area contributed by atoms with Crippen LogP contribution in [0.4, 0.5) is 0 Å². The number of quaternary nitrogens is 1. The highest BCUT2D eigenvalue weighted by atomic mass is 16.5. The van der Waals surface area contributed by atoms with Crippen molar-refractivity contribution in [3.05, 3.63) is 29.3 Å². The summed E-state index contributed by atoms with van der Waals surface area (Å²) < 4.78 is 5.91. The first-order valence-corrected chi connectivity index (χ1v) is 7.70. The van der Waals surface area contributed by atoms with E-state index in [1.807, 2.05) is 26.0 Å². The maximum absolute atomic E-state index is 11.5. The molecule has 0 spiro atoms. The van der Waals surface area contributed by atoms with Crippen LogP contribution >= 0.6 is 0 Å². The predicted octanol–water partition coefficient (Wildman–Crippen LogP) is 2.25. The van der Waals surface area contributed by atoms with Gasteiger partial charge >= 0.3 is 0 Å². The molecule has 1 saturated heterocycles. The quantitative estimate of drug-likeness (QED) is 0.836. The second kappa shape index (κ2) is 6.89. The Morgan fingerprint density at radius 2 is 1.95 bits per heavy atom. The van der Waals surface area contributed by atoms with Crippen molar-refractivity contribution in [3.63, 3.8) is 0 Å². The van der Waals surface area contributed by atoms with Crippen molar-refractivity contribution in [1.82, 2.24) is 0 Å². The average Bonchev–Trinajstić information content (AvgIpc) is 2.41. The summed E-state index contributed by atoms with van der Waals surface area (Å²) in [7, 11) is 0. The molecule has 1 aliphatic heterocycles. The van der Waals surface area contributed by atoms with Crippen LogP contribution in [0.3, 0.4) is 0 Å². The Kier molecular flexibility index (Phi) is 5.18. The van der Waals surface area contributed by atoms with Crippen molar-refractivity contribution in [2.75, 3.05) is 13.1 Å². The molecule has 110 valence electrons. The number of piperidine rings is 1. The van der Waals surface area contributed by atoms with Crippen molar-refractivity contribution >= 4 is 5.78 Å². The summed E-state index contributed by atoms with van der Waals surface area (Å²) in [4.78, 5) is 13.1. The molecule has 1 N–H and O–H groups in total. The first-order chi connectivity index (χ1) is 9.56. The van der Waals surface area contributed by atoms with Crippen LogP contribution in [0.25, 0.3) is 0 Å². The first kappa shape index (κ1) is 15.0. The molecule has 1 aromatic carbocycles. The zero-order chi connectivity index (χ0) is 14.5. The van der Waals surface area contributed by atoms with Gasteiger partial charge in [-0.15, -0.1) is 0 Å². The molecule has 1 fully saturated rings. The molecule has 2 rings (SSSR count). The van der Waals surface area contributed by atoms with Crippen LogP contribution in [-0.4, -0.2) is 25.0 Å². The highest BCUT2D eigenvalue weighted by Gasteiger charge is 2.17. The molecule has 3 heteroatoms. The van der Waals surface area contributed by atoms with Crippen LogP contribution < -0.4 is 9.64 Å². The summed E-state index contributed by atoms with van der Waals surface area (Å²) in [6, 6.07) is 5.89. The molecule has 0 radical (unpaired) electrons. The third-order valence-corrected chi connectivity index (χ3v) is 3.84. The number of carbonyl (C=O) groups excluding carboxylic acids is 1. The van der Waals surface area contributed by atoms with E-state index in [4.69, 9.17) is 4.74 Å². The highest BCUT2D eigenvalue weighted by molar-refractivity contribution is 5.94. The molecule has 0 aromatic heterocycles. The van der Waals surface area contributed by atoms with Crippen molar-refractivity contribution in [1.29, 1.82) is 0 Å². The van der Waals surface area contributed by atoms with Crippen molar-refractivity contribution in [2.24, 2.45) is 0 Å². The Balaban J connectivity index is 2.18. The number of nitrogens with one attached hydrogen (secondary N) is 1. The molecule has 0 bridgehead atoms. The Morgan fingerprint density at radius 3 is 2.55 bits per heavy atom. The number of ether oxygens (including phenoxy) is 1. The maximum Gasteiger partial charge on any atom is 0.159 e. The van der Waals surface area contributed by atoms with E-state index in [-0.39, 0.29) is 11.9 Å². The molecule has 0 saturated carbocycles. The van der Waals surface area contributed by atoms with Crippen LogP contribution in [0.15, 0.2) is 18.2 Å². The number of benzene rings is 1. The Hall–Kier alpha value is -1.35. The number of ketones is 1. The maximum atomic E-state index is 11.5. The minimum absolute atomic E-state index is 0.0930. The van der Waals surface area contributed by atoms with Gasteiger partial charge in [-0.25, -0.2) is 0 Å². The summed E-state index contributed by atoms with van der Waals surface area (Å²) in [5.74, 6) is 0.973.